The van der Waals surface area contributed by atoms with Gasteiger partial charge in [0.15, 0.2) is 0 Å². The van der Waals surface area contributed by atoms with E-state index in [0.717, 1.165) is 13.1 Å². The molecule has 86 valence electrons. The summed E-state index contributed by atoms with van der Waals surface area (Å²) in [7, 11) is 2.01. The van der Waals surface area contributed by atoms with E-state index < -0.39 is 12.5 Å². The summed E-state index contributed by atoms with van der Waals surface area (Å²) in [6.45, 7) is 2.52. The average Bonchev–Trinajstić information content (AvgIpc) is 2.26. The van der Waals surface area contributed by atoms with Gasteiger partial charge in [0.05, 0.1) is 6.54 Å². The zero-order valence-corrected chi connectivity index (χ0v) is 8.90. The van der Waals surface area contributed by atoms with Crippen LogP contribution in [0.1, 0.15) is 0 Å². The van der Waals surface area contributed by atoms with Gasteiger partial charge in [-0.25, -0.2) is 0 Å². The highest BCUT2D eigenvalue weighted by Gasteiger charge is 2.18. The van der Waals surface area contributed by atoms with Crippen molar-refractivity contribution in [2.45, 2.75) is 0 Å². The Labute approximate surface area is 88.8 Å². The molecule has 1 rings (SSSR count). The fraction of sp³-hybridized carbons (Fsp3) is 0.778. The molecule has 0 aromatic heterocycles. The molecule has 1 heterocycles. The normalized spacial score (nSPS) is 17.6. The number of carbonyl (C=O) groups is 2. The number of carbonyl (C=O) groups excluding carboxylic acids is 2. The molecule has 0 atom stereocenters. The van der Waals surface area contributed by atoms with Crippen molar-refractivity contribution in [3.05, 3.63) is 0 Å². The lowest BCUT2D eigenvalue weighted by atomic mass is 10.3. The zero-order chi connectivity index (χ0) is 11.3. The first-order valence-corrected chi connectivity index (χ1v) is 4.97. The second-order valence-corrected chi connectivity index (χ2v) is 3.62. The van der Waals surface area contributed by atoms with Crippen LogP contribution in [0.2, 0.25) is 0 Å². The first kappa shape index (κ1) is 11.9. The van der Waals surface area contributed by atoms with Gasteiger partial charge >= 0.3 is 0 Å². The number of amides is 2. The smallest absolute Gasteiger partial charge is 0.246 e. The standard InChI is InChI=1S/C9H17N3O3/c1-11-2-4-12(5-3-11)9(15)6-10-8(14)7-13/h13H,2-7H2,1H3,(H,10,14). The molecule has 1 saturated heterocycles. The third-order valence-corrected chi connectivity index (χ3v) is 2.44. The number of hydrogen-bond donors (Lipinski definition) is 2. The van der Waals surface area contributed by atoms with Gasteiger partial charge in [-0.05, 0) is 7.05 Å². The number of likely N-dealkylation sites (N-methyl/N-ethyl adjacent to an activating group) is 1. The van der Waals surface area contributed by atoms with E-state index in [1.54, 1.807) is 4.90 Å². The van der Waals surface area contributed by atoms with E-state index >= 15 is 0 Å². The van der Waals surface area contributed by atoms with Gasteiger partial charge in [-0.3, -0.25) is 9.59 Å². The van der Waals surface area contributed by atoms with Crippen molar-refractivity contribution in [1.82, 2.24) is 15.1 Å². The summed E-state index contributed by atoms with van der Waals surface area (Å²) in [5, 5.41) is 10.8. The molecule has 0 aliphatic carbocycles. The Morgan fingerprint density at radius 3 is 2.40 bits per heavy atom. The van der Waals surface area contributed by atoms with E-state index in [1.807, 2.05) is 7.05 Å². The number of aliphatic hydroxyl groups is 1. The lowest BCUT2D eigenvalue weighted by molar-refractivity contribution is -0.134. The highest BCUT2D eigenvalue weighted by atomic mass is 16.3. The molecule has 0 saturated carbocycles. The highest BCUT2D eigenvalue weighted by molar-refractivity contribution is 5.85. The number of piperazine rings is 1. The summed E-state index contributed by atoms with van der Waals surface area (Å²) in [6.07, 6.45) is 0. The van der Waals surface area contributed by atoms with E-state index in [1.165, 1.54) is 0 Å². The first-order valence-electron chi connectivity index (χ1n) is 4.97. The van der Waals surface area contributed by atoms with Crippen LogP contribution in [0.5, 0.6) is 0 Å². The number of rotatable bonds is 3. The van der Waals surface area contributed by atoms with E-state index in [4.69, 9.17) is 5.11 Å². The van der Waals surface area contributed by atoms with Gasteiger partial charge in [0.25, 0.3) is 0 Å². The third-order valence-electron chi connectivity index (χ3n) is 2.44. The fourth-order valence-electron chi connectivity index (χ4n) is 1.40. The monoisotopic (exact) mass is 215 g/mol. The van der Waals surface area contributed by atoms with Gasteiger partial charge in [0, 0.05) is 26.2 Å². The lowest BCUT2D eigenvalue weighted by Crippen LogP contribution is -2.50. The van der Waals surface area contributed by atoms with Crippen LogP contribution in [0, 0.1) is 0 Å². The van der Waals surface area contributed by atoms with Crippen molar-refractivity contribution < 1.29 is 14.7 Å². The molecule has 0 aromatic carbocycles. The Morgan fingerprint density at radius 2 is 1.87 bits per heavy atom. The SMILES string of the molecule is CN1CCN(C(=O)CNC(=O)CO)CC1. The maximum absolute atomic E-state index is 11.5. The molecule has 0 radical (unpaired) electrons. The minimum absolute atomic E-state index is 0.0247. The van der Waals surface area contributed by atoms with Crippen molar-refractivity contribution >= 4 is 11.8 Å². The molecule has 6 heteroatoms. The Hall–Kier alpha value is -1.14. The maximum atomic E-state index is 11.5. The van der Waals surface area contributed by atoms with Crippen molar-refractivity contribution in [3.63, 3.8) is 0 Å². The van der Waals surface area contributed by atoms with Crippen LogP contribution >= 0.6 is 0 Å². The molecule has 0 spiro atoms. The number of aliphatic hydroxyl groups excluding tert-OH is 1. The van der Waals surface area contributed by atoms with Crippen LogP contribution < -0.4 is 5.32 Å². The van der Waals surface area contributed by atoms with Gasteiger partial charge in [0.2, 0.25) is 11.8 Å². The van der Waals surface area contributed by atoms with Crippen LogP contribution in [0.15, 0.2) is 0 Å². The molecule has 1 aliphatic heterocycles. The second-order valence-electron chi connectivity index (χ2n) is 3.62. The second kappa shape index (κ2) is 5.67. The molecule has 0 unspecified atom stereocenters. The van der Waals surface area contributed by atoms with Crippen molar-refractivity contribution in [2.24, 2.45) is 0 Å². The van der Waals surface area contributed by atoms with Gasteiger partial charge in [-0.2, -0.15) is 0 Å². The number of hydrogen-bond acceptors (Lipinski definition) is 4. The Balaban J connectivity index is 2.25. The lowest BCUT2D eigenvalue weighted by Gasteiger charge is -2.32. The molecular weight excluding hydrogens is 198 g/mol. The minimum Gasteiger partial charge on any atom is -0.387 e. The molecule has 0 bridgehead atoms. The topological polar surface area (TPSA) is 72.9 Å². The molecule has 1 aliphatic rings. The first-order chi connectivity index (χ1) is 7.13. The van der Waals surface area contributed by atoms with E-state index in [2.05, 4.69) is 10.2 Å². The Bertz CT molecular complexity index is 237. The molecule has 15 heavy (non-hydrogen) atoms. The van der Waals surface area contributed by atoms with Crippen LogP contribution in [0.4, 0.5) is 0 Å². The van der Waals surface area contributed by atoms with E-state index in [9.17, 15) is 9.59 Å². The van der Waals surface area contributed by atoms with Crippen LogP contribution in [-0.4, -0.2) is 73.1 Å². The average molecular weight is 215 g/mol. The summed E-state index contributed by atoms with van der Waals surface area (Å²) < 4.78 is 0. The minimum atomic E-state index is -0.573. The zero-order valence-electron chi connectivity index (χ0n) is 8.90. The Kier molecular flexibility index (Phi) is 4.51. The largest absolute Gasteiger partial charge is 0.387 e. The molecule has 2 amide bonds. The van der Waals surface area contributed by atoms with Crippen LogP contribution in [0.3, 0.4) is 0 Å². The predicted molar refractivity (Wildman–Crippen MR) is 54.2 cm³/mol. The van der Waals surface area contributed by atoms with Gasteiger partial charge in [0.1, 0.15) is 6.61 Å². The maximum Gasteiger partial charge on any atom is 0.246 e. The van der Waals surface area contributed by atoms with Crippen LogP contribution in [-0.2, 0) is 9.59 Å². The summed E-state index contributed by atoms with van der Waals surface area (Å²) in [5.74, 6) is -0.609. The van der Waals surface area contributed by atoms with Gasteiger partial charge in [-0.15, -0.1) is 0 Å². The predicted octanol–water partition coefficient (Wildman–Crippen LogP) is -2.13. The summed E-state index contributed by atoms with van der Waals surface area (Å²) >= 11 is 0. The van der Waals surface area contributed by atoms with Crippen molar-refractivity contribution in [1.29, 1.82) is 0 Å². The molecule has 1 fully saturated rings. The van der Waals surface area contributed by atoms with Crippen LogP contribution in [0.25, 0.3) is 0 Å². The fourth-order valence-corrected chi connectivity index (χ4v) is 1.40. The van der Waals surface area contributed by atoms with E-state index in [0.29, 0.717) is 13.1 Å². The highest BCUT2D eigenvalue weighted by Crippen LogP contribution is 1.98. The Morgan fingerprint density at radius 1 is 1.27 bits per heavy atom. The molecule has 2 N–H and O–H groups in total. The number of nitrogens with zero attached hydrogens (tertiary/aromatic N) is 2. The summed E-state index contributed by atoms with van der Waals surface area (Å²) in [6, 6.07) is 0. The quantitative estimate of drug-likeness (QED) is 0.564. The summed E-state index contributed by atoms with van der Waals surface area (Å²) in [4.78, 5) is 26.1. The van der Waals surface area contributed by atoms with Gasteiger partial charge < -0.3 is 20.2 Å². The molecule has 0 aromatic rings. The third kappa shape index (κ3) is 3.85. The number of nitrogens with one attached hydrogen (secondary N) is 1. The van der Waals surface area contributed by atoms with E-state index in [-0.39, 0.29) is 12.5 Å². The molecular formula is C9H17N3O3. The van der Waals surface area contributed by atoms with Crippen molar-refractivity contribution in [2.75, 3.05) is 46.4 Å². The molecule has 6 nitrogen and oxygen atoms in total. The van der Waals surface area contributed by atoms with Crippen molar-refractivity contribution in [3.8, 4) is 0 Å². The van der Waals surface area contributed by atoms with Gasteiger partial charge in [-0.1, -0.05) is 0 Å². The summed E-state index contributed by atoms with van der Waals surface area (Å²) in [5.41, 5.74) is 0.